The van der Waals surface area contributed by atoms with Gasteiger partial charge in [0.15, 0.2) is 0 Å². The minimum Gasteiger partial charge on any atom is -0.271 e. The van der Waals surface area contributed by atoms with Crippen molar-refractivity contribution in [2.75, 3.05) is 0 Å². The summed E-state index contributed by atoms with van der Waals surface area (Å²) in [6.07, 6.45) is 5.98. The predicted octanol–water partition coefficient (Wildman–Crippen LogP) is 1.65. The molecule has 1 atom stereocenters. The Hall–Kier alpha value is -1.43. The number of hydrogen-bond acceptors (Lipinski definition) is 4. The third kappa shape index (κ3) is 3.36. The molecule has 0 spiro atoms. The van der Waals surface area contributed by atoms with Gasteiger partial charge in [-0.1, -0.05) is 24.6 Å². The van der Waals surface area contributed by atoms with Crippen molar-refractivity contribution in [3.63, 3.8) is 0 Å². The summed E-state index contributed by atoms with van der Waals surface area (Å²) in [6, 6.07) is 4.06. The van der Waals surface area contributed by atoms with E-state index in [0.717, 1.165) is 41.2 Å². The van der Waals surface area contributed by atoms with Gasteiger partial charge in [-0.3, -0.25) is 20.9 Å². The fraction of sp³-hybridized carbons (Fsp3) is 0.429. The van der Waals surface area contributed by atoms with E-state index in [-0.39, 0.29) is 6.04 Å². The van der Waals surface area contributed by atoms with Crippen molar-refractivity contribution in [1.29, 1.82) is 0 Å². The zero-order valence-corrected chi connectivity index (χ0v) is 12.6. The lowest BCUT2D eigenvalue weighted by molar-refractivity contribution is 0.504. The maximum absolute atomic E-state index is 6.37. The molecule has 108 valence electrons. The average molecular weight is 294 g/mol. The van der Waals surface area contributed by atoms with Gasteiger partial charge in [0, 0.05) is 31.9 Å². The average Bonchev–Trinajstić information content (AvgIpc) is 2.74. The molecule has 0 radical (unpaired) electrons. The predicted molar refractivity (Wildman–Crippen MR) is 80.4 cm³/mol. The second-order valence-corrected chi connectivity index (χ2v) is 5.20. The van der Waals surface area contributed by atoms with Crippen molar-refractivity contribution in [1.82, 2.24) is 20.2 Å². The second kappa shape index (κ2) is 6.83. The van der Waals surface area contributed by atoms with Crippen LogP contribution in [0.15, 0.2) is 24.5 Å². The normalized spacial score (nSPS) is 12.6. The van der Waals surface area contributed by atoms with Crippen LogP contribution in [0.25, 0.3) is 0 Å². The van der Waals surface area contributed by atoms with Crippen LogP contribution in [0.4, 0.5) is 0 Å². The summed E-state index contributed by atoms with van der Waals surface area (Å²) in [5, 5.41) is 5.18. The summed E-state index contributed by atoms with van der Waals surface area (Å²) >= 11 is 6.37. The van der Waals surface area contributed by atoms with E-state index in [1.165, 1.54) is 0 Å². The van der Waals surface area contributed by atoms with Crippen LogP contribution in [0.5, 0.6) is 0 Å². The van der Waals surface area contributed by atoms with Gasteiger partial charge >= 0.3 is 0 Å². The molecule has 3 N–H and O–H groups in total. The molecule has 0 aliphatic carbocycles. The van der Waals surface area contributed by atoms with Crippen molar-refractivity contribution in [2.45, 2.75) is 32.2 Å². The first kappa shape index (κ1) is 15.0. The summed E-state index contributed by atoms with van der Waals surface area (Å²) in [5.74, 6) is 5.66. The lowest BCUT2D eigenvalue weighted by Gasteiger charge is -2.16. The summed E-state index contributed by atoms with van der Waals surface area (Å²) < 4.78 is 1.84. The molecule has 0 aliphatic rings. The Labute approximate surface area is 124 Å². The molecule has 0 amide bonds. The topological polar surface area (TPSA) is 68.8 Å². The van der Waals surface area contributed by atoms with Gasteiger partial charge in [-0.05, 0) is 24.5 Å². The molecule has 0 aliphatic heterocycles. The highest BCUT2D eigenvalue weighted by Gasteiger charge is 2.17. The molecule has 2 rings (SSSR count). The quantitative estimate of drug-likeness (QED) is 0.628. The molecule has 0 aromatic carbocycles. The molecule has 0 bridgehead atoms. The maximum atomic E-state index is 6.37. The van der Waals surface area contributed by atoms with Crippen LogP contribution in [0.2, 0.25) is 5.02 Å². The van der Waals surface area contributed by atoms with Crippen molar-refractivity contribution < 1.29 is 0 Å². The molecular formula is C14H20ClN5. The van der Waals surface area contributed by atoms with Crippen molar-refractivity contribution >= 4 is 11.6 Å². The smallest absolute Gasteiger partial charge is 0.0850 e. The lowest BCUT2D eigenvalue weighted by Crippen LogP contribution is -2.39. The number of hydrogen-bond donors (Lipinski definition) is 2. The van der Waals surface area contributed by atoms with Crippen LogP contribution in [0.1, 0.15) is 23.9 Å². The minimum absolute atomic E-state index is 0.0943. The van der Waals surface area contributed by atoms with Gasteiger partial charge in [0.25, 0.3) is 0 Å². The Bertz CT molecular complexity index is 552. The third-order valence-corrected chi connectivity index (χ3v) is 3.82. The highest BCUT2D eigenvalue weighted by molar-refractivity contribution is 6.31. The number of nitrogens with one attached hydrogen (secondary N) is 1. The van der Waals surface area contributed by atoms with E-state index in [1.807, 2.05) is 37.0 Å². The highest BCUT2D eigenvalue weighted by atomic mass is 35.5. The van der Waals surface area contributed by atoms with E-state index in [1.54, 1.807) is 6.20 Å². The van der Waals surface area contributed by atoms with Gasteiger partial charge in [-0.2, -0.15) is 5.10 Å². The number of pyridine rings is 1. The van der Waals surface area contributed by atoms with E-state index >= 15 is 0 Å². The molecule has 0 fully saturated rings. The summed E-state index contributed by atoms with van der Waals surface area (Å²) in [6.45, 7) is 2.05. The van der Waals surface area contributed by atoms with Crippen LogP contribution in [-0.2, 0) is 26.3 Å². The molecular weight excluding hydrogens is 274 g/mol. The first-order chi connectivity index (χ1) is 9.65. The largest absolute Gasteiger partial charge is 0.271 e. The van der Waals surface area contributed by atoms with Crippen molar-refractivity contribution in [2.24, 2.45) is 12.9 Å². The Balaban J connectivity index is 2.12. The van der Waals surface area contributed by atoms with Crippen LogP contribution >= 0.6 is 11.6 Å². The summed E-state index contributed by atoms with van der Waals surface area (Å²) in [5.41, 5.74) is 5.94. The number of nitrogens with zero attached hydrogens (tertiary/aromatic N) is 3. The van der Waals surface area contributed by atoms with Gasteiger partial charge in [0.05, 0.1) is 16.4 Å². The monoisotopic (exact) mass is 293 g/mol. The van der Waals surface area contributed by atoms with E-state index in [2.05, 4.69) is 15.5 Å². The van der Waals surface area contributed by atoms with Gasteiger partial charge in [-0.15, -0.1) is 0 Å². The number of aryl methyl sites for hydroxylation is 2. The van der Waals surface area contributed by atoms with Crippen molar-refractivity contribution in [3.05, 3.63) is 46.5 Å². The Morgan fingerprint density at radius 3 is 2.80 bits per heavy atom. The van der Waals surface area contributed by atoms with Crippen LogP contribution in [0, 0.1) is 0 Å². The lowest BCUT2D eigenvalue weighted by atomic mass is 10.0. The highest BCUT2D eigenvalue weighted by Crippen LogP contribution is 2.22. The first-order valence-corrected chi connectivity index (χ1v) is 7.08. The number of aromatic nitrogens is 3. The van der Waals surface area contributed by atoms with Gasteiger partial charge in [0.2, 0.25) is 0 Å². The van der Waals surface area contributed by atoms with E-state index < -0.39 is 0 Å². The fourth-order valence-corrected chi connectivity index (χ4v) is 2.64. The van der Waals surface area contributed by atoms with E-state index in [0.29, 0.717) is 0 Å². The Kier molecular flexibility index (Phi) is 5.11. The number of rotatable bonds is 6. The van der Waals surface area contributed by atoms with Gasteiger partial charge in [0.1, 0.15) is 0 Å². The van der Waals surface area contributed by atoms with Crippen molar-refractivity contribution in [3.8, 4) is 0 Å². The molecule has 1 unspecified atom stereocenters. The Morgan fingerprint density at radius 2 is 2.25 bits per heavy atom. The molecule has 2 heterocycles. The third-order valence-electron chi connectivity index (χ3n) is 3.38. The SMILES string of the molecule is CCc1nn(C)c(CC(Cc2cccnc2)NN)c1Cl. The van der Waals surface area contributed by atoms with Crippen LogP contribution in [-0.4, -0.2) is 20.8 Å². The standard InChI is InChI=1S/C14H20ClN5/c1-3-12-14(15)13(20(2)19-12)8-11(18-16)7-10-5-4-6-17-9-10/h4-6,9,11,18H,3,7-8,16H2,1-2H3. The Morgan fingerprint density at radius 1 is 1.45 bits per heavy atom. The number of hydrazine groups is 1. The van der Waals surface area contributed by atoms with E-state index in [4.69, 9.17) is 17.4 Å². The van der Waals surface area contributed by atoms with E-state index in [9.17, 15) is 0 Å². The summed E-state index contributed by atoms with van der Waals surface area (Å²) in [7, 11) is 1.91. The number of nitrogens with two attached hydrogens (primary N) is 1. The van der Waals surface area contributed by atoms with Gasteiger partial charge < -0.3 is 0 Å². The molecule has 6 heteroatoms. The zero-order chi connectivity index (χ0) is 14.5. The molecule has 20 heavy (non-hydrogen) atoms. The maximum Gasteiger partial charge on any atom is 0.0850 e. The van der Waals surface area contributed by atoms with Crippen LogP contribution < -0.4 is 11.3 Å². The molecule has 2 aromatic rings. The zero-order valence-electron chi connectivity index (χ0n) is 11.8. The molecule has 0 saturated heterocycles. The van der Waals surface area contributed by atoms with Crippen LogP contribution in [0.3, 0.4) is 0 Å². The molecule has 5 nitrogen and oxygen atoms in total. The summed E-state index contributed by atoms with van der Waals surface area (Å²) in [4.78, 5) is 4.12. The second-order valence-electron chi connectivity index (χ2n) is 4.82. The fourth-order valence-electron chi connectivity index (χ4n) is 2.27. The van der Waals surface area contributed by atoms with Gasteiger partial charge in [-0.25, -0.2) is 0 Å². The molecule has 0 saturated carbocycles. The minimum atomic E-state index is 0.0943. The first-order valence-electron chi connectivity index (χ1n) is 6.71. The molecule has 2 aromatic heterocycles. The number of halogens is 1.